The van der Waals surface area contributed by atoms with Crippen molar-refractivity contribution in [3.8, 4) is 5.75 Å². The summed E-state index contributed by atoms with van der Waals surface area (Å²) in [7, 11) is -1.48. The van der Waals surface area contributed by atoms with E-state index >= 15 is 0 Å². The minimum atomic E-state index is -4.41. The van der Waals surface area contributed by atoms with Crippen LogP contribution in [-0.4, -0.2) is 27.2 Å². The van der Waals surface area contributed by atoms with Crippen molar-refractivity contribution in [1.29, 1.82) is 0 Å². The van der Waals surface area contributed by atoms with Crippen LogP contribution in [0, 0.1) is 6.92 Å². The van der Waals surface area contributed by atoms with Crippen molar-refractivity contribution in [2.24, 2.45) is 5.14 Å². The van der Waals surface area contributed by atoms with Crippen LogP contribution in [0.4, 0.5) is 13.2 Å². The maximum Gasteiger partial charge on any atom is 0.422 e. The van der Waals surface area contributed by atoms with E-state index in [1.54, 1.807) is 26.8 Å². The molecule has 1 rings (SSSR count). The van der Waals surface area contributed by atoms with Gasteiger partial charge in [0.05, 0.1) is 16.7 Å². The number of rotatable bonds is 6. The lowest BCUT2D eigenvalue weighted by atomic mass is 10.00. The molecule has 0 aliphatic heterocycles. The monoisotopic (exact) mass is 324 g/mol. The van der Waals surface area contributed by atoms with E-state index < -0.39 is 23.8 Å². The molecule has 0 fully saturated rings. The zero-order valence-electron chi connectivity index (χ0n) is 12.1. The topological polar surface area (TPSA) is 65.2 Å². The second-order valence-electron chi connectivity index (χ2n) is 5.02. The lowest BCUT2D eigenvalue weighted by Gasteiger charge is -2.19. The summed E-state index contributed by atoms with van der Waals surface area (Å²) in [5.41, 5.74) is 1.11. The minimum Gasteiger partial charge on any atom is -0.482 e. The largest absolute Gasteiger partial charge is 0.482 e. The van der Waals surface area contributed by atoms with Gasteiger partial charge in [-0.3, -0.25) is 10.1 Å². The second kappa shape index (κ2) is 7.22. The molecule has 8 heteroatoms. The molecule has 0 aliphatic carbocycles. The van der Waals surface area contributed by atoms with E-state index in [0.29, 0.717) is 17.8 Å². The van der Waals surface area contributed by atoms with Gasteiger partial charge in [-0.2, -0.15) is 13.2 Å². The molecule has 2 unspecified atom stereocenters. The lowest BCUT2D eigenvalue weighted by Crippen LogP contribution is -2.22. The Morgan fingerprint density at radius 1 is 1.38 bits per heavy atom. The first-order valence-electron chi connectivity index (χ1n) is 6.42. The maximum absolute atomic E-state index is 12.3. The van der Waals surface area contributed by atoms with Gasteiger partial charge in [0, 0.05) is 16.9 Å². The lowest BCUT2D eigenvalue weighted by molar-refractivity contribution is -0.153. The number of aryl methyl sites for hydroxylation is 1. The molecule has 0 aromatic carbocycles. The highest BCUT2D eigenvalue weighted by Gasteiger charge is 2.29. The molecule has 120 valence electrons. The van der Waals surface area contributed by atoms with E-state index in [0.717, 1.165) is 0 Å². The Bertz CT molecular complexity index is 509. The number of aromatic nitrogens is 1. The number of alkyl halides is 3. The van der Waals surface area contributed by atoms with Gasteiger partial charge in [0.15, 0.2) is 6.61 Å². The molecule has 1 heterocycles. The van der Waals surface area contributed by atoms with Gasteiger partial charge < -0.3 is 4.74 Å². The van der Waals surface area contributed by atoms with E-state index in [9.17, 15) is 17.4 Å². The van der Waals surface area contributed by atoms with Crippen LogP contribution in [0.3, 0.4) is 0 Å². The summed E-state index contributed by atoms with van der Waals surface area (Å²) < 4.78 is 52.8. The summed E-state index contributed by atoms with van der Waals surface area (Å²) in [5, 5.41) is 5.04. The molecular formula is C13H19F3N2O2S. The molecule has 0 radical (unpaired) electrons. The Labute approximate surface area is 124 Å². The third-order valence-electron chi connectivity index (χ3n) is 2.97. The molecule has 0 spiro atoms. The molecule has 0 bridgehead atoms. The molecule has 1 aromatic rings. The highest BCUT2D eigenvalue weighted by atomic mass is 32.2. The van der Waals surface area contributed by atoms with Crippen LogP contribution in [0.1, 0.15) is 37.6 Å². The van der Waals surface area contributed by atoms with Crippen LogP contribution in [0.5, 0.6) is 5.75 Å². The quantitative estimate of drug-likeness (QED) is 0.875. The number of hydrogen-bond acceptors (Lipinski definition) is 3. The zero-order chi connectivity index (χ0) is 16.2. The second-order valence-corrected chi connectivity index (χ2v) is 6.48. The van der Waals surface area contributed by atoms with E-state index in [2.05, 4.69) is 4.98 Å². The third-order valence-corrected chi connectivity index (χ3v) is 3.95. The molecule has 0 saturated carbocycles. The van der Waals surface area contributed by atoms with Gasteiger partial charge in [-0.1, -0.05) is 6.92 Å². The third kappa shape index (κ3) is 6.01. The van der Waals surface area contributed by atoms with E-state index in [1.807, 2.05) is 0 Å². The summed E-state index contributed by atoms with van der Waals surface area (Å²) >= 11 is 0. The first-order valence-corrected chi connectivity index (χ1v) is 7.70. The molecule has 0 amide bonds. The van der Waals surface area contributed by atoms with Gasteiger partial charge in [-0.05, 0) is 32.4 Å². The number of nitrogens with two attached hydrogens (primary N) is 1. The van der Waals surface area contributed by atoms with Crippen LogP contribution in [0.15, 0.2) is 12.1 Å². The van der Waals surface area contributed by atoms with E-state index in [1.165, 1.54) is 6.07 Å². The van der Waals surface area contributed by atoms with Crippen LogP contribution in [0.2, 0.25) is 0 Å². The molecule has 3 atom stereocenters. The standard InChI is InChI=1S/C13H19F3N2O2S/c1-8(6-10(3)21(17)19)12-11(5-4-9(2)18-12)20-7-13(14,15)16/h4-5,8,10H,6-7,17H2,1-3H3/t8-,10?,21?/m1/s1. The average molecular weight is 324 g/mol. The Kier molecular flexibility index (Phi) is 6.15. The number of hydrogen-bond donors (Lipinski definition) is 1. The van der Waals surface area contributed by atoms with Crippen LogP contribution >= 0.6 is 0 Å². The van der Waals surface area contributed by atoms with Gasteiger partial charge >= 0.3 is 6.18 Å². The normalized spacial score (nSPS) is 16.3. The summed E-state index contributed by atoms with van der Waals surface area (Å²) in [4.78, 5) is 4.25. The fourth-order valence-corrected chi connectivity index (χ4v) is 2.38. The molecule has 0 saturated heterocycles. The Balaban J connectivity index is 2.93. The maximum atomic E-state index is 12.3. The number of halogens is 3. The number of pyridine rings is 1. The zero-order valence-corrected chi connectivity index (χ0v) is 12.9. The summed E-state index contributed by atoms with van der Waals surface area (Å²) in [6, 6.07) is 3.07. The van der Waals surface area contributed by atoms with Crippen molar-refractivity contribution in [2.45, 2.75) is 44.5 Å². The van der Waals surface area contributed by atoms with Crippen LogP contribution < -0.4 is 9.88 Å². The summed E-state index contributed by atoms with van der Waals surface area (Å²) in [6.45, 7) is 3.90. The Hall–Kier alpha value is -1.15. The van der Waals surface area contributed by atoms with Crippen LogP contribution in [-0.2, 0) is 11.0 Å². The first kappa shape index (κ1) is 17.9. The summed E-state index contributed by atoms with van der Waals surface area (Å²) in [5.74, 6) is -0.115. The SMILES string of the molecule is Cc1ccc(OCC(F)(F)F)c([C@H](C)CC(C)S(N)=O)n1. The van der Waals surface area contributed by atoms with Crippen LogP contribution in [0.25, 0.3) is 0 Å². The fourth-order valence-electron chi connectivity index (χ4n) is 1.90. The Morgan fingerprint density at radius 2 is 2.00 bits per heavy atom. The van der Waals surface area contributed by atoms with Gasteiger partial charge in [0.2, 0.25) is 0 Å². The van der Waals surface area contributed by atoms with Gasteiger partial charge in [0.25, 0.3) is 0 Å². The molecule has 21 heavy (non-hydrogen) atoms. The molecule has 2 N–H and O–H groups in total. The predicted molar refractivity (Wildman–Crippen MR) is 75.3 cm³/mol. The van der Waals surface area contributed by atoms with Gasteiger partial charge in [0.1, 0.15) is 5.75 Å². The molecule has 1 aromatic heterocycles. The van der Waals surface area contributed by atoms with Crippen molar-refractivity contribution in [3.63, 3.8) is 0 Å². The first-order chi connectivity index (χ1) is 9.60. The molecule has 0 aliphatic rings. The van der Waals surface area contributed by atoms with Crippen molar-refractivity contribution in [3.05, 3.63) is 23.5 Å². The van der Waals surface area contributed by atoms with Gasteiger partial charge in [-0.25, -0.2) is 4.21 Å². The number of ether oxygens (including phenoxy) is 1. The average Bonchev–Trinajstić information content (AvgIpc) is 2.35. The highest BCUT2D eigenvalue weighted by molar-refractivity contribution is 7.83. The Morgan fingerprint density at radius 3 is 2.52 bits per heavy atom. The van der Waals surface area contributed by atoms with E-state index in [4.69, 9.17) is 9.88 Å². The van der Waals surface area contributed by atoms with Crippen molar-refractivity contribution in [2.75, 3.05) is 6.61 Å². The number of nitrogens with zero attached hydrogens (tertiary/aromatic N) is 1. The molecule has 4 nitrogen and oxygen atoms in total. The van der Waals surface area contributed by atoms with Gasteiger partial charge in [-0.15, -0.1) is 0 Å². The summed E-state index contributed by atoms with van der Waals surface area (Å²) in [6.07, 6.45) is -3.96. The minimum absolute atomic E-state index is 0.0976. The highest BCUT2D eigenvalue weighted by Crippen LogP contribution is 2.30. The van der Waals surface area contributed by atoms with E-state index in [-0.39, 0.29) is 16.9 Å². The fraction of sp³-hybridized carbons (Fsp3) is 0.615. The predicted octanol–water partition coefficient (Wildman–Crippen LogP) is 2.84. The van der Waals surface area contributed by atoms with Crippen molar-refractivity contribution < 1.29 is 22.1 Å². The van der Waals surface area contributed by atoms with Crippen molar-refractivity contribution >= 4 is 11.0 Å². The smallest absolute Gasteiger partial charge is 0.422 e. The molecular weight excluding hydrogens is 305 g/mol. The van der Waals surface area contributed by atoms with Crippen molar-refractivity contribution in [1.82, 2.24) is 4.98 Å².